The summed E-state index contributed by atoms with van der Waals surface area (Å²) in [5.74, 6) is -0.298. The number of ether oxygens (including phenoxy) is 2. The molecule has 1 heterocycles. The number of methoxy groups -OCH3 is 2. The maximum atomic E-state index is 11.5. The van der Waals surface area contributed by atoms with Crippen molar-refractivity contribution in [3.05, 3.63) is 11.4 Å². The van der Waals surface area contributed by atoms with Gasteiger partial charge in [0.1, 0.15) is 0 Å². The SMILES string of the molecule is COCCn1nnc(C(=O)OC)c1C(C)C. The molecular weight excluding hydrogens is 210 g/mol. The average molecular weight is 227 g/mol. The molecule has 0 aliphatic carbocycles. The van der Waals surface area contributed by atoms with Crippen LogP contribution in [0.1, 0.15) is 35.9 Å². The normalized spacial score (nSPS) is 10.8. The van der Waals surface area contributed by atoms with Crippen LogP contribution in [0.3, 0.4) is 0 Å². The fraction of sp³-hybridized carbons (Fsp3) is 0.700. The molecule has 0 saturated carbocycles. The molecule has 0 amide bonds. The van der Waals surface area contributed by atoms with Gasteiger partial charge in [0.15, 0.2) is 5.69 Å². The summed E-state index contributed by atoms with van der Waals surface area (Å²) in [6, 6.07) is 0. The zero-order valence-corrected chi connectivity index (χ0v) is 10.1. The number of aromatic nitrogens is 3. The molecule has 0 N–H and O–H groups in total. The molecule has 0 aromatic carbocycles. The van der Waals surface area contributed by atoms with Crippen molar-refractivity contribution in [2.24, 2.45) is 0 Å². The summed E-state index contributed by atoms with van der Waals surface area (Å²) < 4.78 is 11.3. The number of rotatable bonds is 5. The smallest absolute Gasteiger partial charge is 0.360 e. The molecule has 16 heavy (non-hydrogen) atoms. The van der Waals surface area contributed by atoms with E-state index in [4.69, 9.17) is 4.74 Å². The molecule has 6 nitrogen and oxygen atoms in total. The van der Waals surface area contributed by atoms with Gasteiger partial charge in [-0.2, -0.15) is 0 Å². The van der Waals surface area contributed by atoms with Crippen molar-refractivity contribution in [1.29, 1.82) is 0 Å². The van der Waals surface area contributed by atoms with Crippen LogP contribution >= 0.6 is 0 Å². The van der Waals surface area contributed by atoms with E-state index in [1.165, 1.54) is 7.11 Å². The van der Waals surface area contributed by atoms with Gasteiger partial charge >= 0.3 is 5.97 Å². The van der Waals surface area contributed by atoms with E-state index in [1.54, 1.807) is 11.8 Å². The molecule has 0 aliphatic rings. The van der Waals surface area contributed by atoms with E-state index in [0.29, 0.717) is 13.2 Å². The summed E-state index contributed by atoms with van der Waals surface area (Å²) in [4.78, 5) is 11.5. The maximum absolute atomic E-state index is 11.5. The highest BCUT2D eigenvalue weighted by Crippen LogP contribution is 2.18. The minimum Gasteiger partial charge on any atom is -0.464 e. The Morgan fingerprint density at radius 1 is 1.44 bits per heavy atom. The Bertz CT molecular complexity index is 360. The molecule has 0 unspecified atom stereocenters. The molecule has 0 saturated heterocycles. The lowest BCUT2D eigenvalue weighted by atomic mass is 10.1. The first-order valence-corrected chi connectivity index (χ1v) is 5.12. The van der Waals surface area contributed by atoms with Crippen LogP contribution in [0.5, 0.6) is 0 Å². The van der Waals surface area contributed by atoms with Crippen LogP contribution in [0.15, 0.2) is 0 Å². The minimum atomic E-state index is -0.452. The van der Waals surface area contributed by atoms with Crippen molar-refractivity contribution < 1.29 is 14.3 Å². The summed E-state index contributed by atoms with van der Waals surface area (Å²) >= 11 is 0. The lowest BCUT2D eigenvalue weighted by Crippen LogP contribution is -2.13. The monoisotopic (exact) mass is 227 g/mol. The second kappa shape index (κ2) is 5.60. The van der Waals surface area contributed by atoms with E-state index in [-0.39, 0.29) is 11.6 Å². The first kappa shape index (κ1) is 12.6. The van der Waals surface area contributed by atoms with Crippen molar-refractivity contribution in [2.75, 3.05) is 20.8 Å². The van der Waals surface area contributed by atoms with Crippen LogP contribution in [0.2, 0.25) is 0 Å². The standard InChI is InChI=1S/C10H17N3O3/c1-7(2)9-8(10(14)16-4)11-12-13(9)5-6-15-3/h7H,5-6H2,1-4H3. The van der Waals surface area contributed by atoms with Crippen LogP contribution in [0.25, 0.3) is 0 Å². The quantitative estimate of drug-likeness (QED) is 0.697. The summed E-state index contributed by atoms with van der Waals surface area (Å²) in [6.07, 6.45) is 0. The van der Waals surface area contributed by atoms with Gasteiger partial charge in [-0.1, -0.05) is 19.1 Å². The third-order valence-corrected chi connectivity index (χ3v) is 2.21. The van der Waals surface area contributed by atoms with Gasteiger partial charge in [-0.25, -0.2) is 9.48 Å². The molecule has 1 rings (SSSR count). The number of hydrogen-bond donors (Lipinski definition) is 0. The van der Waals surface area contributed by atoms with E-state index < -0.39 is 5.97 Å². The first-order chi connectivity index (χ1) is 7.61. The lowest BCUT2D eigenvalue weighted by Gasteiger charge is -2.09. The first-order valence-electron chi connectivity index (χ1n) is 5.12. The lowest BCUT2D eigenvalue weighted by molar-refractivity contribution is 0.0592. The Labute approximate surface area is 94.5 Å². The number of hydrogen-bond acceptors (Lipinski definition) is 5. The topological polar surface area (TPSA) is 66.2 Å². The molecular formula is C10H17N3O3. The zero-order chi connectivity index (χ0) is 12.1. The van der Waals surface area contributed by atoms with Crippen LogP contribution in [-0.2, 0) is 16.0 Å². The molecule has 0 bridgehead atoms. The van der Waals surface area contributed by atoms with Gasteiger partial charge < -0.3 is 9.47 Å². The fourth-order valence-electron chi connectivity index (χ4n) is 1.48. The van der Waals surface area contributed by atoms with Crippen LogP contribution in [0, 0.1) is 0 Å². The Morgan fingerprint density at radius 2 is 2.12 bits per heavy atom. The number of esters is 1. The van der Waals surface area contributed by atoms with Crippen molar-refractivity contribution in [3.63, 3.8) is 0 Å². The fourth-order valence-corrected chi connectivity index (χ4v) is 1.48. The Hall–Kier alpha value is -1.43. The summed E-state index contributed by atoms with van der Waals surface area (Å²) in [5.41, 5.74) is 1.07. The van der Waals surface area contributed by atoms with Crippen molar-refractivity contribution in [3.8, 4) is 0 Å². The van der Waals surface area contributed by atoms with Gasteiger partial charge in [-0.05, 0) is 5.92 Å². The molecule has 0 atom stereocenters. The van der Waals surface area contributed by atoms with E-state index in [2.05, 4.69) is 15.0 Å². The molecule has 0 fully saturated rings. The number of carbonyl (C=O) groups is 1. The van der Waals surface area contributed by atoms with Gasteiger partial charge in [-0.15, -0.1) is 5.10 Å². The Kier molecular flexibility index (Phi) is 4.42. The van der Waals surface area contributed by atoms with Crippen LogP contribution in [0.4, 0.5) is 0 Å². The summed E-state index contributed by atoms with van der Waals surface area (Å²) in [7, 11) is 2.95. The minimum absolute atomic E-state index is 0.154. The van der Waals surface area contributed by atoms with Gasteiger partial charge in [0.05, 0.1) is 26.0 Å². The predicted molar refractivity (Wildman–Crippen MR) is 57.3 cm³/mol. The van der Waals surface area contributed by atoms with E-state index in [0.717, 1.165) is 5.69 Å². The summed E-state index contributed by atoms with van der Waals surface area (Å²) in [5, 5.41) is 7.77. The molecule has 90 valence electrons. The van der Waals surface area contributed by atoms with E-state index in [1.807, 2.05) is 13.8 Å². The second-order valence-electron chi connectivity index (χ2n) is 3.69. The largest absolute Gasteiger partial charge is 0.464 e. The van der Waals surface area contributed by atoms with Crippen LogP contribution < -0.4 is 0 Å². The van der Waals surface area contributed by atoms with Crippen molar-refractivity contribution in [2.45, 2.75) is 26.3 Å². The zero-order valence-electron chi connectivity index (χ0n) is 10.1. The van der Waals surface area contributed by atoms with Crippen LogP contribution in [-0.4, -0.2) is 41.8 Å². The van der Waals surface area contributed by atoms with Crippen molar-refractivity contribution >= 4 is 5.97 Å². The highest BCUT2D eigenvalue weighted by molar-refractivity contribution is 5.88. The Balaban J connectivity index is 3.02. The highest BCUT2D eigenvalue weighted by atomic mass is 16.5. The number of carbonyl (C=O) groups excluding carboxylic acids is 1. The summed E-state index contributed by atoms with van der Waals surface area (Å²) in [6.45, 7) is 5.07. The molecule has 6 heteroatoms. The highest BCUT2D eigenvalue weighted by Gasteiger charge is 2.22. The third kappa shape index (κ3) is 2.57. The molecule has 1 aromatic rings. The average Bonchev–Trinajstić information content (AvgIpc) is 2.68. The molecule has 0 radical (unpaired) electrons. The van der Waals surface area contributed by atoms with E-state index in [9.17, 15) is 4.79 Å². The Morgan fingerprint density at radius 3 is 2.62 bits per heavy atom. The molecule has 0 aliphatic heterocycles. The van der Waals surface area contributed by atoms with E-state index >= 15 is 0 Å². The van der Waals surface area contributed by atoms with Gasteiger partial charge in [0.25, 0.3) is 0 Å². The molecule has 0 spiro atoms. The van der Waals surface area contributed by atoms with Gasteiger partial charge in [0, 0.05) is 7.11 Å². The van der Waals surface area contributed by atoms with Crippen molar-refractivity contribution in [1.82, 2.24) is 15.0 Å². The maximum Gasteiger partial charge on any atom is 0.360 e. The third-order valence-electron chi connectivity index (χ3n) is 2.21. The second-order valence-corrected chi connectivity index (χ2v) is 3.69. The predicted octanol–water partition coefficient (Wildman–Crippen LogP) is 0.834. The van der Waals surface area contributed by atoms with Gasteiger partial charge in [0.2, 0.25) is 0 Å². The molecule has 1 aromatic heterocycles. The van der Waals surface area contributed by atoms with Gasteiger partial charge in [-0.3, -0.25) is 0 Å². The number of nitrogens with zero attached hydrogens (tertiary/aromatic N) is 3.